The summed E-state index contributed by atoms with van der Waals surface area (Å²) in [6.45, 7) is 4.12. The molecule has 0 fully saturated rings. The number of aromatic nitrogens is 3. The molecule has 0 radical (unpaired) electrons. The molecule has 9 heteroatoms. The van der Waals surface area contributed by atoms with Gasteiger partial charge in [0.25, 0.3) is 5.56 Å². The first-order valence-electron chi connectivity index (χ1n) is 7.28. The highest BCUT2D eigenvalue weighted by atomic mass is 35.5. The molecule has 0 spiro atoms. The Morgan fingerprint density at radius 1 is 1.42 bits per heavy atom. The summed E-state index contributed by atoms with van der Waals surface area (Å²) >= 11 is 6.23. The molecule has 0 atom stereocenters. The number of nitrogens with zero attached hydrogens (tertiary/aromatic N) is 3. The van der Waals surface area contributed by atoms with Crippen molar-refractivity contribution >= 4 is 23.8 Å². The Morgan fingerprint density at radius 3 is 2.88 bits per heavy atom. The van der Waals surface area contributed by atoms with Gasteiger partial charge in [-0.1, -0.05) is 18.5 Å². The van der Waals surface area contributed by atoms with E-state index in [-0.39, 0.29) is 17.2 Å². The summed E-state index contributed by atoms with van der Waals surface area (Å²) in [5.41, 5.74) is 3.23. The smallest absolute Gasteiger partial charge is 0.274 e. The van der Waals surface area contributed by atoms with Crippen molar-refractivity contribution in [1.29, 1.82) is 0 Å². The van der Waals surface area contributed by atoms with Crippen molar-refractivity contribution in [3.63, 3.8) is 0 Å². The first-order chi connectivity index (χ1) is 11.5. The molecule has 0 aliphatic heterocycles. The molecule has 0 saturated heterocycles. The van der Waals surface area contributed by atoms with Gasteiger partial charge in [-0.3, -0.25) is 9.78 Å². The van der Waals surface area contributed by atoms with Crippen molar-refractivity contribution < 1.29 is 9.47 Å². The fourth-order valence-electron chi connectivity index (χ4n) is 1.77. The van der Waals surface area contributed by atoms with E-state index in [2.05, 4.69) is 25.7 Å². The van der Waals surface area contributed by atoms with Crippen LogP contribution in [-0.4, -0.2) is 35.1 Å². The lowest BCUT2D eigenvalue weighted by molar-refractivity contribution is 0.294. The molecular weight excluding hydrogens is 334 g/mol. The predicted octanol–water partition coefficient (Wildman–Crippen LogP) is 2.37. The molecule has 8 nitrogen and oxygen atoms in total. The topological polar surface area (TPSA) is 101 Å². The van der Waals surface area contributed by atoms with Crippen LogP contribution in [0.4, 0.5) is 5.95 Å². The molecule has 1 aromatic carbocycles. The van der Waals surface area contributed by atoms with Crippen LogP contribution in [0.1, 0.15) is 24.6 Å². The number of aryl methyl sites for hydroxylation is 1. The van der Waals surface area contributed by atoms with Crippen LogP contribution in [0, 0.1) is 6.92 Å². The maximum Gasteiger partial charge on any atom is 0.274 e. The second-order valence-electron chi connectivity index (χ2n) is 4.84. The highest BCUT2D eigenvalue weighted by Gasteiger charge is 2.11. The third-order valence-corrected chi connectivity index (χ3v) is 3.23. The number of methoxy groups -OCH3 is 1. The Hall–Kier alpha value is -2.61. The number of halogens is 1. The molecule has 0 amide bonds. The third kappa shape index (κ3) is 4.45. The van der Waals surface area contributed by atoms with Gasteiger partial charge >= 0.3 is 0 Å². The normalized spacial score (nSPS) is 10.8. The van der Waals surface area contributed by atoms with Crippen LogP contribution >= 0.6 is 11.6 Å². The van der Waals surface area contributed by atoms with E-state index in [0.717, 1.165) is 6.42 Å². The van der Waals surface area contributed by atoms with Crippen LogP contribution < -0.4 is 20.5 Å². The van der Waals surface area contributed by atoms with Crippen LogP contribution in [0.25, 0.3) is 0 Å². The zero-order valence-corrected chi connectivity index (χ0v) is 14.3. The second kappa shape index (κ2) is 8.30. The van der Waals surface area contributed by atoms with Gasteiger partial charge < -0.3 is 9.47 Å². The lowest BCUT2D eigenvalue weighted by atomic mass is 10.2. The molecule has 24 heavy (non-hydrogen) atoms. The summed E-state index contributed by atoms with van der Waals surface area (Å²) in [5, 5.41) is 11.9. The second-order valence-corrected chi connectivity index (χ2v) is 5.25. The van der Waals surface area contributed by atoms with E-state index in [9.17, 15) is 4.79 Å². The summed E-state index contributed by atoms with van der Waals surface area (Å²) in [6.07, 6.45) is 2.38. The van der Waals surface area contributed by atoms with Gasteiger partial charge in [-0.05, 0) is 31.0 Å². The van der Waals surface area contributed by atoms with Gasteiger partial charge in [0.15, 0.2) is 11.5 Å². The Labute approximate surface area is 143 Å². The molecule has 2 N–H and O–H groups in total. The van der Waals surface area contributed by atoms with Crippen molar-refractivity contribution in [2.75, 3.05) is 19.1 Å². The largest absolute Gasteiger partial charge is 0.493 e. The van der Waals surface area contributed by atoms with Crippen molar-refractivity contribution in [3.05, 3.63) is 38.8 Å². The van der Waals surface area contributed by atoms with Gasteiger partial charge in [0.1, 0.15) is 5.69 Å². The van der Waals surface area contributed by atoms with Crippen LogP contribution in [0.15, 0.2) is 22.0 Å². The van der Waals surface area contributed by atoms with Crippen LogP contribution in [0.2, 0.25) is 5.02 Å². The third-order valence-electron chi connectivity index (χ3n) is 2.95. The lowest BCUT2D eigenvalue weighted by Crippen LogP contribution is -2.15. The Bertz CT molecular complexity index is 791. The molecule has 128 valence electrons. The molecule has 2 rings (SSSR count). The summed E-state index contributed by atoms with van der Waals surface area (Å²) < 4.78 is 10.9. The molecular formula is C15H18ClN5O3. The maximum absolute atomic E-state index is 11.4. The van der Waals surface area contributed by atoms with E-state index < -0.39 is 0 Å². The van der Waals surface area contributed by atoms with E-state index in [4.69, 9.17) is 21.1 Å². The molecule has 0 bridgehead atoms. The quantitative estimate of drug-likeness (QED) is 0.586. The number of aromatic amines is 1. The molecule has 0 aliphatic carbocycles. The van der Waals surface area contributed by atoms with Gasteiger partial charge in [0, 0.05) is 0 Å². The number of benzene rings is 1. The monoisotopic (exact) mass is 351 g/mol. The van der Waals surface area contributed by atoms with E-state index in [1.54, 1.807) is 19.1 Å². The van der Waals surface area contributed by atoms with Crippen LogP contribution in [0.5, 0.6) is 11.5 Å². The number of nitrogens with one attached hydrogen (secondary N) is 2. The highest BCUT2D eigenvalue weighted by Crippen LogP contribution is 2.36. The standard InChI is InChI=1S/C15H18ClN5O3/c1-4-5-24-13-11(16)6-10(7-12(13)23-3)8-17-20-15-18-14(22)9(2)19-21-15/h6-8H,4-5H2,1-3H3,(H2,18,20,21,22)/b17-8-. The number of rotatable bonds is 7. The molecule has 0 unspecified atom stereocenters. The first kappa shape index (κ1) is 17.7. The number of hydrogen-bond acceptors (Lipinski definition) is 7. The van der Waals surface area contributed by atoms with Crippen molar-refractivity contribution in [3.8, 4) is 11.5 Å². The average Bonchev–Trinajstić information content (AvgIpc) is 2.56. The molecule has 0 saturated carbocycles. The minimum absolute atomic E-state index is 0.141. The Balaban J connectivity index is 2.15. The van der Waals surface area contributed by atoms with Crippen molar-refractivity contribution in [2.45, 2.75) is 20.3 Å². The Kier molecular flexibility index (Phi) is 6.14. The minimum atomic E-state index is -0.329. The SMILES string of the molecule is CCCOc1c(Cl)cc(/C=N\Nc2nnc(C)c(=O)[nH]2)cc1OC. The number of H-pyrrole nitrogens is 1. The predicted molar refractivity (Wildman–Crippen MR) is 92.4 cm³/mol. The maximum atomic E-state index is 11.4. The molecule has 1 aromatic heterocycles. The fourth-order valence-corrected chi connectivity index (χ4v) is 2.04. The Morgan fingerprint density at radius 2 is 2.21 bits per heavy atom. The van der Waals surface area contributed by atoms with Gasteiger partial charge in [-0.2, -0.15) is 5.10 Å². The first-order valence-corrected chi connectivity index (χ1v) is 7.66. The summed E-state index contributed by atoms with van der Waals surface area (Å²) in [7, 11) is 1.54. The van der Waals surface area contributed by atoms with Crippen LogP contribution in [-0.2, 0) is 0 Å². The summed E-state index contributed by atoms with van der Waals surface area (Å²) in [6, 6.07) is 3.44. The summed E-state index contributed by atoms with van der Waals surface area (Å²) in [5.74, 6) is 1.16. The minimum Gasteiger partial charge on any atom is -0.493 e. The number of hydrazone groups is 1. The summed E-state index contributed by atoms with van der Waals surface area (Å²) in [4.78, 5) is 13.9. The number of ether oxygens (including phenoxy) is 2. The molecule has 1 heterocycles. The fraction of sp³-hybridized carbons (Fsp3) is 0.333. The van der Waals surface area contributed by atoms with Crippen LogP contribution in [0.3, 0.4) is 0 Å². The average molecular weight is 352 g/mol. The van der Waals surface area contributed by atoms with E-state index >= 15 is 0 Å². The highest BCUT2D eigenvalue weighted by molar-refractivity contribution is 6.32. The van der Waals surface area contributed by atoms with Crippen molar-refractivity contribution in [1.82, 2.24) is 15.2 Å². The van der Waals surface area contributed by atoms with Crippen molar-refractivity contribution in [2.24, 2.45) is 5.10 Å². The number of hydrogen-bond donors (Lipinski definition) is 2. The van der Waals surface area contributed by atoms with E-state index in [0.29, 0.717) is 28.7 Å². The van der Waals surface area contributed by atoms with Gasteiger partial charge in [0.2, 0.25) is 5.95 Å². The molecule has 0 aliphatic rings. The van der Waals surface area contributed by atoms with E-state index in [1.807, 2.05) is 6.92 Å². The van der Waals surface area contributed by atoms with Gasteiger partial charge in [-0.25, -0.2) is 5.43 Å². The van der Waals surface area contributed by atoms with Gasteiger partial charge in [-0.15, -0.1) is 10.2 Å². The zero-order valence-electron chi connectivity index (χ0n) is 13.6. The lowest BCUT2D eigenvalue weighted by Gasteiger charge is -2.12. The molecule has 2 aromatic rings. The van der Waals surface area contributed by atoms with Gasteiger partial charge in [0.05, 0.1) is 25.0 Å². The van der Waals surface area contributed by atoms with E-state index in [1.165, 1.54) is 13.3 Å². The zero-order chi connectivity index (χ0) is 17.5. The number of anilines is 1.